The van der Waals surface area contributed by atoms with Gasteiger partial charge in [-0.2, -0.15) is 0 Å². The van der Waals surface area contributed by atoms with Crippen LogP contribution in [0.1, 0.15) is 41.6 Å². The van der Waals surface area contributed by atoms with Gasteiger partial charge >= 0.3 is 0 Å². The van der Waals surface area contributed by atoms with E-state index in [-0.39, 0.29) is 12.5 Å². The highest BCUT2D eigenvalue weighted by Crippen LogP contribution is 2.17. The lowest BCUT2D eigenvalue weighted by molar-refractivity contribution is 0.0761. The summed E-state index contributed by atoms with van der Waals surface area (Å²) in [4.78, 5) is 14.4. The van der Waals surface area contributed by atoms with Crippen LogP contribution in [0.15, 0.2) is 18.2 Å². The minimum Gasteiger partial charge on any atom is -0.339 e. The molecule has 20 heavy (non-hydrogen) atoms. The number of carbonyl (C=O) groups is 1. The average Bonchev–Trinajstić information content (AvgIpc) is 2.73. The van der Waals surface area contributed by atoms with E-state index in [1.54, 1.807) is 0 Å². The first-order valence-electron chi connectivity index (χ1n) is 7.00. The highest BCUT2D eigenvalue weighted by Gasteiger charge is 2.19. The maximum atomic E-state index is 13.3. The number of hydrogen-bond donors (Lipinski definition) is 1. The Bertz CT molecular complexity index is 537. The molecule has 0 spiro atoms. The Morgan fingerprint density at radius 3 is 2.60 bits per heavy atom. The molecule has 4 heteroatoms. The molecule has 0 bridgehead atoms. The number of hydrogen-bond acceptors (Lipinski definition) is 2. The number of nitrogens with zero attached hydrogens (tertiary/aromatic N) is 1. The van der Waals surface area contributed by atoms with Gasteiger partial charge in [-0.15, -0.1) is 0 Å². The molecule has 1 aliphatic rings. The van der Waals surface area contributed by atoms with E-state index in [0.717, 1.165) is 38.8 Å². The molecule has 0 unspecified atom stereocenters. The fraction of sp³-hybridized carbons (Fsp3) is 0.438. The summed E-state index contributed by atoms with van der Waals surface area (Å²) < 4.78 is 13.3. The van der Waals surface area contributed by atoms with Crippen LogP contribution < -0.4 is 5.73 Å². The van der Waals surface area contributed by atoms with Gasteiger partial charge in [-0.05, 0) is 31.0 Å². The standard InChI is InChI=1S/C16H19FN2O/c17-14-7-8-15(13(12-14)6-5-9-18)16(20)19-10-3-1-2-4-11-19/h7-8,12H,1-4,9-11,18H2. The van der Waals surface area contributed by atoms with Gasteiger partial charge in [-0.1, -0.05) is 24.7 Å². The Balaban J connectivity index is 2.28. The van der Waals surface area contributed by atoms with E-state index in [4.69, 9.17) is 5.73 Å². The second-order valence-electron chi connectivity index (χ2n) is 4.90. The Morgan fingerprint density at radius 2 is 1.95 bits per heavy atom. The van der Waals surface area contributed by atoms with Gasteiger partial charge in [-0.3, -0.25) is 4.79 Å². The molecular weight excluding hydrogens is 255 g/mol. The molecule has 0 aromatic heterocycles. The Kier molecular flexibility index (Phi) is 5.14. The summed E-state index contributed by atoms with van der Waals surface area (Å²) in [5, 5.41) is 0. The number of amides is 1. The molecule has 2 rings (SSSR count). The van der Waals surface area contributed by atoms with E-state index in [9.17, 15) is 9.18 Å². The van der Waals surface area contributed by atoms with Crippen molar-refractivity contribution < 1.29 is 9.18 Å². The maximum absolute atomic E-state index is 13.3. The van der Waals surface area contributed by atoms with Crippen molar-refractivity contribution in [3.05, 3.63) is 35.1 Å². The molecule has 2 N–H and O–H groups in total. The topological polar surface area (TPSA) is 46.3 Å². The van der Waals surface area contributed by atoms with Crippen molar-refractivity contribution in [2.75, 3.05) is 19.6 Å². The van der Waals surface area contributed by atoms with Crippen LogP contribution in [0, 0.1) is 17.7 Å². The van der Waals surface area contributed by atoms with Gasteiger partial charge in [0.25, 0.3) is 5.91 Å². The van der Waals surface area contributed by atoms with Gasteiger partial charge < -0.3 is 10.6 Å². The number of benzene rings is 1. The molecule has 1 aromatic rings. The van der Waals surface area contributed by atoms with Crippen molar-refractivity contribution in [3.63, 3.8) is 0 Å². The largest absolute Gasteiger partial charge is 0.339 e. The van der Waals surface area contributed by atoms with Crippen molar-refractivity contribution in [3.8, 4) is 11.8 Å². The molecule has 1 fully saturated rings. The first kappa shape index (κ1) is 14.5. The van der Waals surface area contributed by atoms with E-state index in [0.29, 0.717) is 11.1 Å². The lowest BCUT2D eigenvalue weighted by Gasteiger charge is -2.21. The van der Waals surface area contributed by atoms with Crippen molar-refractivity contribution in [2.24, 2.45) is 5.73 Å². The molecule has 0 atom stereocenters. The fourth-order valence-electron chi connectivity index (χ4n) is 2.40. The molecule has 1 amide bonds. The molecule has 0 saturated carbocycles. The van der Waals surface area contributed by atoms with Crippen LogP contribution >= 0.6 is 0 Å². The molecule has 3 nitrogen and oxygen atoms in total. The van der Waals surface area contributed by atoms with E-state index < -0.39 is 5.82 Å². The van der Waals surface area contributed by atoms with Crippen LogP contribution in [0.5, 0.6) is 0 Å². The zero-order chi connectivity index (χ0) is 14.4. The summed E-state index contributed by atoms with van der Waals surface area (Å²) >= 11 is 0. The zero-order valence-electron chi connectivity index (χ0n) is 11.5. The quantitative estimate of drug-likeness (QED) is 0.798. The molecule has 0 radical (unpaired) electrons. The monoisotopic (exact) mass is 274 g/mol. The molecule has 1 aliphatic heterocycles. The van der Waals surface area contributed by atoms with E-state index in [1.807, 2.05) is 4.90 Å². The summed E-state index contributed by atoms with van der Waals surface area (Å²) in [7, 11) is 0. The van der Waals surface area contributed by atoms with Gasteiger partial charge in [0.05, 0.1) is 12.1 Å². The number of halogens is 1. The van der Waals surface area contributed by atoms with Crippen LogP contribution in [0.25, 0.3) is 0 Å². The van der Waals surface area contributed by atoms with E-state index in [2.05, 4.69) is 11.8 Å². The second-order valence-corrected chi connectivity index (χ2v) is 4.90. The lowest BCUT2D eigenvalue weighted by atomic mass is 10.1. The van der Waals surface area contributed by atoms with E-state index >= 15 is 0 Å². The summed E-state index contributed by atoms with van der Waals surface area (Å²) in [6.07, 6.45) is 4.37. The highest BCUT2D eigenvalue weighted by molar-refractivity contribution is 5.96. The number of carbonyl (C=O) groups excluding carboxylic acids is 1. The van der Waals surface area contributed by atoms with Crippen molar-refractivity contribution in [1.82, 2.24) is 4.90 Å². The third-order valence-corrected chi connectivity index (χ3v) is 3.43. The number of nitrogens with two attached hydrogens (primary N) is 1. The van der Waals surface area contributed by atoms with Crippen molar-refractivity contribution in [1.29, 1.82) is 0 Å². The number of rotatable bonds is 1. The van der Waals surface area contributed by atoms with Crippen molar-refractivity contribution in [2.45, 2.75) is 25.7 Å². The van der Waals surface area contributed by atoms with Gasteiger partial charge in [0.2, 0.25) is 0 Å². The van der Waals surface area contributed by atoms with Gasteiger partial charge in [0.1, 0.15) is 5.82 Å². The highest BCUT2D eigenvalue weighted by atomic mass is 19.1. The summed E-state index contributed by atoms with van der Waals surface area (Å²) in [5.41, 5.74) is 6.23. The molecular formula is C16H19FN2O. The molecule has 106 valence electrons. The molecule has 1 aromatic carbocycles. The van der Waals surface area contributed by atoms with Gasteiger partial charge in [-0.25, -0.2) is 4.39 Å². The average molecular weight is 274 g/mol. The first-order valence-corrected chi connectivity index (χ1v) is 7.00. The minimum atomic E-state index is -0.390. The predicted molar refractivity (Wildman–Crippen MR) is 76.7 cm³/mol. The van der Waals surface area contributed by atoms with Crippen molar-refractivity contribution >= 4 is 5.91 Å². The normalized spacial score (nSPS) is 15.2. The van der Waals surface area contributed by atoms with E-state index in [1.165, 1.54) is 18.2 Å². The third kappa shape index (κ3) is 3.58. The summed E-state index contributed by atoms with van der Waals surface area (Å²) in [5.74, 6) is 5.02. The zero-order valence-corrected chi connectivity index (χ0v) is 11.5. The first-order chi connectivity index (χ1) is 9.72. The predicted octanol–water partition coefficient (Wildman–Crippen LogP) is 2.15. The fourth-order valence-corrected chi connectivity index (χ4v) is 2.40. The molecule has 1 heterocycles. The summed E-state index contributed by atoms with van der Waals surface area (Å²) in [6, 6.07) is 4.12. The Morgan fingerprint density at radius 1 is 1.25 bits per heavy atom. The van der Waals surface area contributed by atoms with Crippen LogP contribution in [0.2, 0.25) is 0 Å². The van der Waals surface area contributed by atoms with Crippen LogP contribution in [-0.2, 0) is 0 Å². The van der Waals surface area contributed by atoms with Gasteiger partial charge in [0, 0.05) is 18.7 Å². The van der Waals surface area contributed by atoms with Crippen LogP contribution in [0.4, 0.5) is 4.39 Å². The molecule has 0 aliphatic carbocycles. The SMILES string of the molecule is NCC#Cc1cc(F)ccc1C(=O)N1CCCCCC1. The van der Waals surface area contributed by atoms with Gasteiger partial charge in [0.15, 0.2) is 0 Å². The van der Waals surface area contributed by atoms with Crippen LogP contribution in [0.3, 0.4) is 0 Å². The minimum absolute atomic E-state index is 0.0618. The number of likely N-dealkylation sites (tertiary alicyclic amines) is 1. The van der Waals surface area contributed by atoms with Crippen LogP contribution in [-0.4, -0.2) is 30.4 Å². The Hall–Kier alpha value is -1.86. The smallest absolute Gasteiger partial charge is 0.255 e. The lowest BCUT2D eigenvalue weighted by Crippen LogP contribution is -2.32. The second kappa shape index (κ2) is 7.06. The third-order valence-electron chi connectivity index (χ3n) is 3.43. The molecule has 1 saturated heterocycles. The Labute approximate surface area is 119 Å². The maximum Gasteiger partial charge on any atom is 0.255 e. The summed E-state index contributed by atoms with van der Waals surface area (Å²) in [6.45, 7) is 1.72.